The molecule has 6 nitrogen and oxygen atoms in total. The standard InChI is InChI=1S/C11H17N3O3/c1-3-4-8(5-10(15)16)13-11(17)9-6-12-7-14(9)2/h6-8H,3-5H2,1-2H3,(H,13,17)(H,15,16). The van der Waals surface area contributed by atoms with E-state index in [4.69, 9.17) is 5.11 Å². The normalized spacial score (nSPS) is 12.1. The van der Waals surface area contributed by atoms with Gasteiger partial charge in [0.1, 0.15) is 5.69 Å². The molecule has 0 aliphatic carbocycles. The van der Waals surface area contributed by atoms with Gasteiger partial charge < -0.3 is 15.0 Å². The van der Waals surface area contributed by atoms with Crippen LogP contribution in [0, 0.1) is 0 Å². The number of nitrogens with zero attached hydrogens (tertiary/aromatic N) is 2. The molecule has 0 saturated carbocycles. The van der Waals surface area contributed by atoms with E-state index in [1.807, 2.05) is 6.92 Å². The van der Waals surface area contributed by atoms with Crippen LogP contribution in [0.25, 0.3) is 0 Å². The molecule has 1 rings (SSSR count). The molecule has 1 heterocycles. The molecule has 1 amide bonds. The fourth-order valence-electron chi connectivity index (χ4n) is 1.62. The fraction of sp³-hybridized carbons (Fsp3) is 0.545. The van der Waals surface area contributed by atoms with Crippen LogP contribution in [0.4, 0.5) is 0 Å². The summed E-state index contributed by atoms with van der Waals surface area (Å²) in [6.07, 6.45) is 4.40. The lowest BCUT2D eigenvalue weighted by atomic mass is 10.1. The molecule has 0 radical (unpaired) electrons. The maximum absolute atomic E-state index is 11.8. The second-order valence-corrected chi connectivity index (χ2v) is 3.95. The van der Waals surface area contributed by atoms with Crippen LogP contribution < -0.4 is 5.32 Å². The molecule has 1 atom stereocenters. The number of amides is 1. The number of nitrogens with one attached hydrogen (secondary N) is 1. The third kappa shape index (κ3) is 3.90. The molecule has 1 aromatic heterocycles. The number of carbonyl (C=O) groups excluding carboxylic acids is 1. The monoisotopic (exact) mass is 239 g/mol. The highest BCUT2D eigenvalue weighted by Crippen LogP contribution is 2.04. The third-order valence-corrected chi connectivity index (χ3v) is 2.44. The lowest BCUT2D eigenvalue weighted by molar-refractivity contribution is -0.137. The Hall–Kier alpha value is -1.85. The van der Waals surface area contributed by atoms with Gasteiger partial charge in [-0.15, -0.1) is 0 Å². The Kier molecular flexibility index (Phi) is 4.68. The SMILES string of the molecule is CCCC(CC(=O)O)NC(=O)c1cncn1C. The lowest BCUT2D eigenvalue weighted by Crippen LogP contribution is -2.37. The van der Waals surface area contributed by atoms with E-state index in [9.17, 15) is 9.59 Å². The summed E-state index contributed by atoms with van der Waals surface area (Å²) < 4.78 is 1.60. The van der Waals surface area contributed by atoms with Crippen molar-refractivity contribution in [1.82, 2.24) is 14.9 Å². The van der Waals surface area contributed by atoms with Gasteiger partial charge in [0.25, 0.3) is 5.91 Å². The number of hydrogen-bond donors (Lipinski definition) is 2. The van der Waals surface area contributed by atoms with Crippen LogP contribution >= 0.6 is 0 Å². The maximum Gasteiger partial charge on any atom is 0.305 e. The molecule has 1 aromatic rings. The molecule has 6 heteroatoms. The highest BCUT2D eigenvalue weighted by atomic mass is 16.4. The van der Waals surface area contributed by atoms with Crippen molar-refractivity contribution in [2.75, 3.05) is 0 Å². The minimum atomic E-state index is -0.909. The number of hydrogen-bond acceptors (Lipinski definition) is 3. The Labute approximate surface area is 99.7 Å². The summed E-state index contributed by atoms with van der Waals surface area (Å²) in [4.78, 5) is 26.3. The first-order valence-corrected chi connectivity index (χ1v) is 5.53. The number of aliphatic carboxylic acids is 1. The van der Waals surface area contributed by atoms with Gasteiger partial charge in [-0.1, -0.05) is 13.3 Å². The highest BCUT2D eigenvalue weighted by Gasteiger charge is 2.17. The van der Waals surface area contributed by atoms with Gasteiger partial charge in [-0.05, 0) is 6.42 Å². The van der Waals surface area contributed by atoms with Crippen LogP contribution in [0.3, 0.4) is 0 Å². The number of carboxylic acid groups (broad SMARTS) is 1. The Morgan fingerprint density at radius 3 is 2.76 bits per heavy atom. The third-order valence-electron chi connectivity index (χ3n) is 2.44. The van der Waals surface area contributed by atoms with Crippen molar-refractivity contribution in [3.8, 4) is 0 Å². The van der Waals surface area contributed by atoms with Crippen molar-refractivity contribution in [3.05, 3.63) is 18.2 Å². The molecule has 0 bridgehead atoms. The summed E-state index contributed by atoms with van der Waals surface area (Å²) in [6.45, 7) is 1.95. The first-order valence-electron chi connectivity index (χ1n) is 5.53. The first-order chi connectivity index (χ1) is 8.04. The molecule has 0 spiro atoms. The summed E-state index contributed by atoms with van der Waals surface area (Å²) in [5, 5.41) is 11.5. The number of rotatable bonds is 6. The van der Waals surface area contributed by atoms with E-state index in [0.717, 1.165) is 6.42 Å². The van der Waals surface area contributed by atoms with E-state index in [-0.39, 0.29) is 18.4 Å². The van der Waals surface area contributed by atoms with Gasteiger partial charge in [0.05, 0.1) is 18.9 Å². The second kappa shape index (κ2) is 6.03. The van der Waals surface area contributed by atoms with Gasteiger partial charge in [0.2, 0.25) is 0 Å². The zero-order chi connectivity index (χ0) is 12.8. The second-order valence-electron chi connectivity index (χ2n) is 3.95. The molecule has 0 saturated heterocycles. The zero-order valence-electron chi connectivity index (χ0n) is 10.0. The molecule has 0 aliphatic rings. The average Bonchev–Trinajstić information content (AvgIpc) is 2.63. The average molecular weight is 239 g/mol. The molecule has 0 fully saturated rings. The summed E-state index contributed by atoms with van der Waals surface area (Å²) in [7, 11) is 1.72. The molecule has 2 N–H and O–H groups in total. The van der Waals surface area contributed by atoms with Gasteiger partial charge in [-0.3, -0.25) is 9.59 Å². The first kappa shape index (κ1) is 13.2. The van der Waals surface area contributed by atoms with Crippen molar-refractivity contribution in [2.24, 2.45) is 7.05 Å². The van der Waals surface area contributed by atoms with E-state index in [0.29, 0.717) is 12.1 Å². The van der Waals surface area contributed by atoms with Crippen LogP contribution in [0.1, 0.15) is 36.7 Å². The molecule has 0 aromatic carbocycles. The number of carbonyl (C=O) groups is 2. The maximum atomic E-state index is 11.8. The summed E-state index contributed by atoms with van der Waals surface area (Å²) >= 11 is 0. The molecule has 94 valence electrons. The molecular formula is C11H17N3O3. The van der Waals surface area contributed by atoms with E-state index >= 15 is 0 Å². The fourth-order valence-corrected chi connectivity index (χ4v) is 1.62. The Morgan fingerprint density at radius 2 is 2.29 bits per heavy atom. The summed E-state index contributed by atoms with van der Waals surface area (Å²) in [5.74, 6) is -1.20. The van der Waals surface area contributed by atoms with Crippen LogP contribution in [0.15, 0.2) is 12.5 Å². The van der Waals surface area contributed by atoms with Gasteiger partial charge >= 0.3 is 5.97 Å². The number of aryl methyl sites for hydroxylation is 1. The van der Waals surface area contributed by atoms with Gasteiger partial charge in [-0.25, -0.2) is 4.98 Å². The topological polar surface area (TPSA) is 84.2 Å². The van der Waals surface area contributed by atoms with E-state index in [1.54, 1.807) is 11.6 Å². The van der Waals surface area contributed by atoms with E-state index in [1.165, 1.54) is 12.5 Å². The Morgan fingerprint density at radius 1 is 1.59 bits per heavy atom. The van der Waals surface area contributed by atoms with Crippen molar-refractivity contribution in [3.63, 3.8) is 0 Å². The minimum Gasteiger partial charge on any atom is -0.481 e. The zero-order valence-corrected chi connectivity index (χ0v) is 10.0. The highest BCUT2D eigenvalue weighted by molar-refractivity contribution is 5.92. The number of imidazole rings is 1. The van der Waals surface area contributed by atoms with Crippen LogP contribution in [0.2, 0.25) is 0 Å². The van der Waals surface area contributed by atoms with E-state index in [2.05, 4.69) is 10.3 Å². The Balaban J connectivity index is 2.64. The molecule has 0 aliphatic heterocycles. The predicted molar refractivity (Wildman–Crippen MR) is 61.6 cm³/mol. The van der Waals surface area contributed by atoms with Crippen LogP contribution in [-0.2, 0) is 11.8 Å². The van der Waals surface area contributed by atoms with Gasteiger partial charge in [0, 0.05) is 13.1 Å². The van der Waals surface area contributed by atoms with Crippen molar-refractivity contribution in [1.29, 1.82) is 0 Å². The van der Waals surface area contributed by atoms with Gasteiger partial charge in [-0.2, -0.15) is 0 Å². The lowest BCUT2D eigenvalue weighted by Gasteiger charge is -2.15. The molecular weight excluding hydrogens is 222 g/mol. The van der Waals surface area contributed by atoms with E-state index < -0.39 is 5.97 Å². The molecule has 1 unspecified atom stereocenters. The van der Waals surface area contributed by atoms with Crippen LogP contribution in [0.5, 0.6) is 0 Å². The van der Waals surface area contributed by atoms with Crippen LogP contribution in [-0.4, -0.2) is 32.6 Å². The minimum absolute atomic E-state index is 0.0581. The quantitative estimate of drug-likeness (QED) is 0.768. The molecule has 17 heavy (non-hydrogen) atoms. The Bertz CT molecular complexity index is 400. The summed E-state index contributed by atoms with van der Waals surface area (Å²) in [6, 6.07) is -0.333. The number of carboxylic acids is 1. The smallest absolute Gasteiger partial charge is 0.305 e. The van der Waals surface area contributed by atoms with Gasteiger partial charge in [0.15, 0.2) is 0 Å². The van der Waals surface area contributed by atoms with Crippen molar-refractivity contribution in [2.45, 2.75) is 32.2 Å². The predicted octanol–water partition coefficient (Wildman–Crippen LogP) is 0.793. The number of aromatic nitrogens is 2. The van der Waals surface area contributed by atoms with Crippen molar-refractivity contribution >= 4 is 11.9 Å². The summed E-state index contributed by atoms with van der Waals surface area (Å²) in [5.41, 5.74) is 0.427. The largest absolute Gasteiger partial charge is 0.481 e. The van der Waals surface area contributed by atoms with Crippen molar-refractivity contribution < 1.29 is 14.7 Å².